The maximum atomic E-state index is 12.1. The third-order valence-electron chi connectivity index (χ3n) is 3.04. The van der Waals surface area contributed by atoms with Crippen molar-refractivity contribution >= 4 is 38.3 Å². The first-order valence-corrected chi connectivity index (χ1v) is 8.49. The first-order valence-electron chi connectivity index (χ1n) is 5.59. The van der Waals surface area contributed by atoms with Gasteiger partial charge in [-0.15, -0.1) is 0 Å². The van der Waals surface area contributed by atoms with E-state index < -0.39 is 15.4 Å². The second-order valence-electron chi connectivity index (χ2n) is 4.84. The predicted octanol–water partition coefficient (Wildman–Crippen LogP) is 1.60. The molecule has 1 aromatic carbocycles. The van der Waals surface area contributed by atoms with E-state index in [1.54, 1.807) is 19.1 Å². The highest BCUT2D eigenvalue weighted by Crippen LogP contribution is 2.23. The molecule has 0 aromatic heterocycles. The van der Waals surface area contributed by atoms with Crippen molar-refractivity contribution in [2.75, 3.05) is 11.5 Å². The molecule has 1 N–H and O–H groups in total. The molecule has 0 bridgehead atoms. The SMILES string of the molecule is C[C@@]1(NC(=O)c2ccccc2I)CCS(=O)(=O)C1. The average Bonchev–Trinajstić information content (AvgIpc) is 2.53. The Kier molecular flexibility index (Phi) is 3.68. The first-order chi connectivity index (χ1) is 8.31. The van der Waals surface area contributed by atoms with Crippen LogP contribution in [0.5, 0.6) is 0 Å². The number of rotatable bonds is 2. The van der Waals surface area contributed by atoms with Gasteiger partial charge in [0.25, 0.3) is 5.91 Å². The largest absolute Gasteiger partial charge is 0.346 e. The summed E-state index contributed by atoms with van der Waals surface area (Å²) in [5, 5.41) is 2.85. The van der Waals surface area contributed by atoms with Gasteiger partial charge in [-0.3, -0.25) is 4.79 Å². The second-order valence-corrected chi connectivity index (χ2v) is 8.18. The van der Waals surface area contributed by atoms with Gasteiger partial charge in [0.15, 0.2) is 9.84 Å². The van der Waals surface area contributed by atoms with Gasteiger partial charge in [-0.1, -0.05) is 12.1 Å². The number of sulfone groups is 1. The van der Waals surface area contributed by atoms with E-state index >= 15 is 0 Å². The number of carbonyl (C=O) groups excluding carboxylic acids is 1. The van der Waals surface area contributed by atoms with Crippen molar-refractivity contribution < 1.29 is 13.2 Å². The highest BCUT2D eigenvalue weighted by molar-refractivity contribution is 14.1. The molecule has 2 rings (SSSR count). The fraction of sp³-hybridized carbons (Fsp3) is 0.417. The molecule has 98 valence electrons. The summed E-state index contributed by atoms with van der Waals surface area (Å²) in [4.78, 5) is 12.1. The molecule has 1 amide bonds. The van der Waals surface area contributed by atoms with Crippen LogP contribution in [0.2, 0.25) is 0 Å². The number of carbonyl (C=O) groups is 1. The average molecular weight is 379 g/mol. The number of hydrogen-bond acceptors (Lipinski definition) is 3. The Morgan fingerprint density at radius 2 is 2.06 bits per heavy atom. The zero-order chi connectivity index (χ0) is 13.4. The van der Waals surface area contributed by atoms with Crippen LogP contribution in [0.15, 0.2) is 24.3 Å². The van der Waals surface area contributed by atoms with Gasteiger partial charge in [0.2, 0.25) is 0 Å². The van der Waals surface area contributed by atoms with E-state index in [9.17, 15) is 13.2 Å². The number of benzene rings is 1. The lowest BCUT2D eigenvalue weighted by atomic mass is 10.0. The normalized spacial score (nSPS) is 25.9. The molecule has 1 atom stereocenters. The molecule has 1 aliphatic heterocycles. The first kappa shape index (κ1) is 13.8. The van der Waals surface area contributed by atoms with Gasteiger partial charge in [0, 0.05) is 3.57 Å². The van der Waals surface area contributed by atoms with Crippen LogP contribution in [0.4, 0.5) is 0 Å². The maximum absolute atomic E-state index is 12.1. The highest BCUT2D eigenvalue weighted by atomic mass is 127. The zero-order valence-corrected chi connectivity index (χ0v) is 12.9. The van der Waals surface area contributed by atoms with Gasteiger partial charge < -0.3 is 5.32 Å². The number of nitrogens with one attached hydrogen (secondary N) is 1. The quantitative estimate of drug-likeness (QED) is 0.795. The summed E-state index contributed by atoms with van der Waals surface area (Å²) < 4.78 is 23.8. The second kappa shape index (κ2) is 4.80. The Morgan fingerprint density at radius 3 is 2.61 bits per heavy atom. The van der Waals surface area contributed by atoms with E-state index in [-0.39, 0.29) is 17.4 Å². The van der Waals surface area contributed by atoms with Gasteiger partial charge in [-0.2, -0.15) is 0 Å². The molecule has 1 aromatic rings. The number of amides is 1. The van der Waals surface area contributed by atoms with Crippen molar-refractivity contribution in [2.45, 2.75) is 18.9 Å². The molecule has 1 fully saturated rings. The molecule has 0 aliphatic carbocycles. The third-order valence-corrected chi connectivity index (χ3v) is 5.88. The van der Waals surface area contributed by atoms with Crippen LogP contribution in [0.25, 0.3) is 0 Å². The summed E-state index contributed by atoms with van der Waals surface area (Å²) in [7, 11) is -3.01. The fourth-order valence-electron chi connectivity index (χ4n) is 2.10. The Balaban J connectivity index is 2.16. The number of hydrogen-bond donors (Lipinski definition) is 1. The molecule has 1 heterocycles. The lowest BCUT2D eigenvalue weighted by Gasteiger charge is -2.24. The lowest BCUT2D eigenvalue weighted by Crippen LogP contribution is -2.47. The summed E-state index contributed by atoms with van der Waals surface area (Å²) in [6.45, 7) is 1.78. The Labute approximate surface area is 120 Å². The predicted molar refractivity (Wildman–Crippen MR) is 78.3 cm³/mol. The van der Waals surface area contributed by atoms with Crippen LogP contribution in [0, 0.1) is 3.57 Å². The van der Waals surface area contributed by atoms with Crippen LogP contribution in [0.3, 0.4) is 0 Å². The van der Waals surface area contributed by atoms with Crippen molar-refractivity contribution in [1.82, 2.24) is 5.32 Å². The van der Waals surface area contributed by atoms with E-state index in [4.69, 9.17) is 0 Å². The van der Waals surface area contributed by atoms with E-state index in [1.807, 2.05) is 12.1 Å². The molecule has 1 saturated heterocycles. The minimum atomic E-state index is -3.01. The highest BCUT2D eigenvalue weighted by Gasteiger charge is 2.39. The molecular weight excluding hydrogens is 365 g/mol. The molecule has 0 radical (unpaired) electrons. The van der Waals surface area contributed by atoms with Gasteiger partial charge in [-0.05, 0) is 48.1 Å². The van der Waals surface area contributed by atoms with Crippen molar-refractivity contribution in [3.05, 3.63) is 33.4 Å². The van der Waals surface area contributed by atoms with Crippen LogP contribution in [-0.2, 0) is 9.84 Å². The molecule has 0 unspecified atom stereocenters. The fourth-order valence-corrected chi connectivity index (χ4v) is 4.82. The van der Waals surface area contributed by atoms with Crippen molar-refractivity contribution in [3.8, 4) is 0 Å². The smallest absolute Gasteiger partial charge is 0.252 e. The standard InChI is InChI=1S/C12H14INO3S/c1-12(6-7-18(16,17)8-12)14-11(15)9-4-2-3-5-10(9)13/h2-5H,6-8H2,1H3,(H,14,15)/t12-/m1/s1. The molecule has 6 heteroatoms. The lowest BCUT2D eigenvalue weighted by molar-refractivity contribution is 0.0914. The van der Waals surface area contributed by atoms with Gasteiger partial charge in [-0.25, -0.2) is 8.42 Å². The zero-order valence-electron chi connectivity index (χ0n) is 9.94. The van der Waals surface area contributed by atoms with Crippen LogP contribution >= 0.6 is 22.6 Å². The van der Waals surface area contributed by atoms with Gasteiger partial charge >= 0.3 is 0 Å². The molecule has 1 aliphatic rings. The van der Waals surface area contributed by atoms with E-state index in [1.165, 1.54) is 0 Å². The monoisotopic (exact) mass is 379 g/mol. The minimum absolute atomic E-state index is 0.0230. The van der Waals surface area contributed by atoms with Crippen molar-refractivity contribution in [1.29, 1.82) is 0 Å². The Bertz CT molecular complexity index is 585. The molecule has 18 heavy (non-hydrogen) atoms. The van der Waals surface area contributed by atoms with Crippen LogP contribution < -0.4 is 5.32 Å². The summed E-state index contributed by atoms with van der Waals surface area (Å²) in [5.41, 5.74) is -0.0573. The molecule has 0 spiro atoms. The van der Waals surface area contributed by atoms with E-state index in [0.29, 0.717) is 12.0 Å². The van der Waals surface area contributed by atoms with Gasteiger partial charge in [0.05, 0.1) is 22.6 Å². The summed E-state index contributed by atoms with van der Waals surface area (Å²) in [5.74, 6) is -0.0373. The van der Waals surface area contributed by atoms with E-state index in [0.717, 1.165) is 3.57 Å². The minimum Gasteiger partial charge on any atom is -0.346 e. The van der Waals surface area contributed by atoms with E-state index in [2.05, 4.69) is 27.9 Å². The maximum Gasteiger partial charge on any atom is 0.252 e. The van der Waals surface area contributed by atoms with Crippen molar-refractivity contribution in [3.63, 3.8) is 0 Å². The van der Waals surface area contributed by atoms with Gasteiger partial charge in [0.1, 0.15) is 0 Å². The van der Waals surface area contributed by atoms with Crippen molar-refractivity contribution in [2.24, 2.45) is 0 Å². The Hall–Kier alpha value is -0.630. The number of halogens is 1. The molecule has 0 saturated carbocycles. The summed E-state index contributed by atoms with van der Waals surface area (Å²) in [6.07, 6.45) is 0.477. The summed E-state index contributed by atoms with van der Waals surface area (Å²) in [6, 6.07) is 7.25. The topological polar surface area (TPSA) is 63.2 Å². The van der Waals surface area contributed by atoms with Crippen LogP contribution in [0.1, 0.15) is 23.7 Å². The third kappa shape index (κ3) is 3.03. The van der Waals surface area contributed by atoms with Crippen LogP contribution in [-0.4, -0.2) is 31.4 Å². The Morgan fingerprint density at radius 1 is 1.39 bits per heavy atom. The molecule has 4 nitrogen and oxygen atoms in total. The summed E-state index contributed by atoms with van der Waals surface area (Å²) >= 11 is 2.09. The molecular formula is C12H14INO3S.